The van der Waals surface area contributed by atoms with Gasteiger partial charge in [0.1, 0.15) is 0 Å². The Balaban J connectivity index is 1.74. The number of nitrogens with zero attached hydrogens (tertiary/aromatic N) is 2. The summed E-state index contributed by atoms with van der Waals surface area (Å²) < 4.78 is 0. The zero-order valence-electron chi connectivity index (χ0n) is 9.72. The van der Waals surface area contributed by atoms with E-state index in [2.05, 4.69) is 9.74 Å². The smallest absolute Gasteiger partial charge is 0.327 e. The van der Waals surface area contributed by atoms with Gasteiger partial charge < -0.3 is 9.74 Å². The molecule has 1 amide bonds. The second-order valence-corrected chi connectivity index (χ2v) is 4.42. The quantitative estimate of drug-likeness (QED) is 0.466. The van der Waals surface area contributed by atoms with Crippen molar-refractivity contribution in [3.8, 4) is 0 Å². The topological polar surface area (TPSA) is 87.9 Å². The Kier molecular flexibility index (Phi) is 3.93. The predicted octanol–water partition coefficient (Wildman–Crippen LogP) is -1.40. The fraction of sp³-hybridized carbons (Fsp3) is 0.800. The minimum absolute atomic E-state index is 0.265. The van der Waals surface area contributed by atoms with Crippen molar-refractivity contribution >= 4 is 11.9 Å². The summed E-state index contributed by atoms with van der Waals surface area (Å²) in [6.45, 7) is 3.10. The van der Waals surface area contributed by atoms with E-state index in [0.717, 1.165) is 26.1 Å². The second-order valence-electron chi connectivity index (χ2n) is 4.42. The third-order valence-corrected chi connectivity index (χ3v) is 3.38. The first kappa shape index (κ1) is 12.3. The average Bonchev–Trinajstić information content (AvgIpc) is 2.69. The molecule has 0 radical (unpaired) electrons. The van der Waals surface area contributed by atoms with E-state index >= 15 is 0 Å². The molecule has 2 rings (SSSR count). The predicted molar refractivity (Wildman–Crippen MR) is 59.2 cm³/mol. The molecule has 0 aromatic carbocycles. The van der Waals surface area contributed by atoms with Crippen LogP contribution in [0.25, 0.3) is 0 Å². The number of piperazine rings is 1. The highest BCUT2D eigenvalue weighted by Crippen LogP contribution is 2.22. The Morgan fingerprint density at radius 1 is 1.53 bits per heavy atom. The van der Waals surface area contributed by atoms with E-state index in [9.17, 15) is 9.59 Å². The molecule has 2 aliphatic heterocycles. The van der Waals surface area contributed by atoms with Crippen LogP contribution >= 0.6 is 0 Å². The highest BCUT2D eigenvalue weighted by molar-refractivity contribution is 5.79. The Morgan fingerprint density at radius 2 is 2.35 bits per heavy atom. The van der Waals surface area contributed by atoms with Crippen molar-refractivity contribution in [2.24, 2.45) is 5.84 Å². The molecular weight excluding hydrogens is 224 g/mol. The third kappa shape index (κ3) is 2.93. The van der Waals surface area contributed by atoms with Crippen molar-refractivity contribution in [1.82, 2.24) is 15.4 Å². The summed E-state index contributed by atoms with van der Waals surface area (Å²) in [6, 6.07) is 0.333. The van der Waals surface area contributed by atoms with Crippen LogP contribution in [0.5, 0.6) is 0 Å². The first-order valence-electron chi connectivity index (χ1n) is 5.88. The van der Waals surface area contributed by atoms with Crippen molar-refractivity contribution in [2.45, 2.75) is 25.3 Å². The lowest BCUT2D eigenvalue weighted by atomic mass is 10.1. The Bertz CT molecular complexity index is 310. The Labute approximate surface area is 99.8 Å². The number of hydrazine groups is 1. The van der Waals surface area contributed by atoms with Gasteiger partial charge in [0.25, 0.3) is 0 Å². The number of rotatable bonds is 4. The normalized spacial score (nSPS) is 24.9. The van der Waals surface area contributed by atoms with E-state index < -0.39 is 0 Å². The van der Waals surface area contributed by atoms with Crippen LogP contribution in [-0.2, 0) is 14.4 Å². The molecule has 17 heavy (non-hydrogen) atoms. The maximum atomic E-state index is 11.5. The molecule has 2 saturated heterocycles. The SMILES string of the molecule is NNOC(=O)CCN1CCN2C(=O)CCC2C1. The number of hydrogen-bond acceptors (Lipinski definition) is 6. The summed E-state index contributed by atoms with van der Waals surface area (Å²) in [6.07, 6.45) is 1.91. The number of nitrogens with one attached hydrogen (secondary N) is 1. The van der Waals surface area contributed by atoms with Crippen molar-refractivity contribution in [3.05, 3.63) is 0 Å². The lowest BCUT2D eigenvalue weighted by Gasteiger charge is -2.37. The minimum Gasteiger partial charge on any atom is -0.356 e. The number of fused-ring (bicyclic) bond motifs is 1. The van der Waals surface area contributed by atoms with E-state index in [-0.39, 0.29) is 11.9 Å². The molecule has 7 nitrogen and oxygen atoms in total. The van der Waals surface area contributed by atoms with E-state index in [1.54, 1.807) is 0 Å². The number of hydrogen-bond donors (Lipinski definition) is 2. The van der Waals surface area contributed by atoms with Gasteiger partial charge in [-0.25, -0.2) is 5.84 Å². The molecule has 0 aromatic heterocycles. The van der Waals surface area contributed by atoms with E-state index in [1.807, 2.05) is 10.5 Å². The van der Waals surface area contributed by atoms with Crippen LogP contribution in [0.3, 0.4) is 0 Å². The molecule has 2 fully saturated rings. The van der Waals surface area contributed by atoms with Gasteiger partial charge in [0.05, 0.1) is 6.42 Å². The number of carbonyl (C=O) groups is 2. The molecule has 0 saturated carbocycles. The lowest BCUT2D eigenvalue weighted by molar-refractivity contribution is -0.152. The molecular formula is C10H18N4O3. The summed E-state index contributed by atoms with van der Waals surface area (Å²) in [5.41, 5.74) is 1.88. The van der Waals surface area contributed by atoms with Crippen molar-refractivity contribution < 1.29 is 14.4 Å². The maximum Gasteiger partial charge on any atom is 0.327 e. The molecule has 1 unspecified atom stereocenters. The molecule has 2 aliphatic rings. The average molecular weight is 242 g/mol. The molecule has 0 spiro atoms. The largest absolute Gasteiger partial charge is 0.356 e. The van der Waals surface area contributed by atoms with E-state index in [0.29, 0.717) is 25.4 Å². The van der Waals surface area contributed by atoms with Crippen LogP contribution in [0.4, 0.5) is 0 Å². The van der Waals surface area contributed by atoms with E-state index in [4.69, 9.17) is 5.84 Å². The molecule has 0 bridgehead atoms. The number of carbonyl (C=O) groups excluding carboxylic acids is 2. The van der Waals surface area contributed by atoms with Gasteiger partial charge in [0, 0.05) is 38.6 Å². The summed E-state index contributed by atoms with van der Waals surface area (Å²) in [5.74, 6) is 4.77. The standard InChI is InChI=1S/C10H18N4O3/c11-12-17-10(16)3-4-13-5-6-14-8(7-13)1-2-9(14)15/h8,12H,1-7,11H2. The van der Waals surface area contributed by atoms with E-state index in [1.165, 1.54) is 0 Å². The molecule has 7 heteroatoms. The highest BCUT2D eigenvalue weighted by Gasteiger charge is 2.35. The lowest BCUT2D eigenvalue weighted by Crippen LogP contribution is -2.51. The molecule has 2 heterocycles. The fourth-order valence-electron chi connectivity index (χ4n) is 2.50. The molecule has 96 valence electrons. The Morgan fingerprint density at radius 3 is 3.12 bits per heavy atom. The highest BCUT2D eigenvalue weighted by atomic mass is 16.7. The first-order valence-corrected chi connectivity index (χ1v) is 5.88. The first-order chi connectivity index (χ1) is 8.20. The maximum absolute atomic E-state index is 11.5. The number of nitrogens with two attached hydrogens (primary N) is 1. The van der Waals surface area contributed by atoms with Crippen molar-refractivity contribution in [1.29, 1.82) is 0 Å². The minimum atomic E-state index is -0.363. The van der Waals surface area contributed by atoms with Gasteiger partial charge in [0.2, 0.25) is 5.91 Å². The van der Waals surface area contributed by atoms with Crippen molar-refractivity contribution in [3.63, 3.8) is 0 Å². The van der Waals surface area contributed by atoms with Gasteiger partial charge in [-0.2, -0.15) is 0 Å². The molecule has 3 N–H and O–H groups in total. The summed E-state index contributed by atoms with van der Waals surface area (Å²) in [4.78, 5) is 31.2. The zero-order chi connectivity index (χ0) is 12.3. The van der Waals surface area contributed by atoms with Crippen molar-refractivity contribution in [2.75, 3.05) is 26.2 Å². The fourth-order valence-corrected chi connectivity index (χ4v) is 2.50. The monoisotopic (exact) mass is 242 g/mol. The van der Waals surface area contributed by atoms with Gasteiger partial charge in [0.15, 0.2) is 0 Å². The van der Waals surface area contributed by atoms with Gasteiger partial charge in [-0.15, -0.1) is 0 Å². The second kappa shape index (κ2) is 5.44. The third-order valence-electron chi connectivity index (χ3n) is 3.38. The molecule has 0 aliphatic carbocycles. The van der Waals surface area contributed by atoms with Crippen LogP contribution in [0.2, 0.25) is 0 Å². The van der Waals surface area contributed by atoms with Crippen LogP contribution < -0.4 is 11.4 Å². The summed E-state index contributed by atoms with van der Waals surface area (Å²) in [5, 5.41) is 0. The van der Waals surface area contributed by atoms with Crippen LogP contribution in [-0.4, -0.2) is 53.9 Å². The van der Waals surface area contributed by atoms with Gasteiger partial charge in [-0.05, 0) is 6.42 Å². The van der Waals surface area contributed by atoms with Gasteiger partial charge in [-0.3, -0.25) is 14.5 Å². The van der Waals surface area contributed by atoms with Gasteiger partial charge >= 0.3 is 5.97 Å². The molecule has 1 atom stereocenters. The molecule has 0 aromatic rings. The zero-order valence-corrected chi connectivity index (χ0v) is 9.72. The van der Waals surface area contributed by atoms with Crippen LogP contribution in [0.15, 0.2) is 0 Å². The number of amides is 1. The summed E-state index contributed by atoms with van der Waals surface area (Å²) >= 11 is 0. The summed E-state index contributed by atoms with van der Waals surface area (Å²) in [7, 11) is 0. The van der Waals surface area contributed by atoms with Crippen LogP contribution in [0.1, 0.15) is 19.3 Å². The Hall–Kier alpha value is -1.18. The van der Waals surface area contributed by atoms with Crippen LogP contribution in [0, 0.1) is 0 Å². The van der Waals surface area contributed by atoms with Gasteiger partial charge in [-0.1, -0.05) is 5.59 Å².